The number of alkyl halides is 3. The molecule has 242 valence electrons. The number of rotatable bonds is 14. The van der Waals surface area contributed by atoms with Crippen LogP contribution in [0.5, 0.6) is 0 Å². The van der Waals surface area contributed by atoms with Crippen molar-refractivity contribution >= 4 is 50.7 Å². The Morgan fingerprint density at radius 2 is 2.18 bits per heavy atom. The lowest BCUT2D eigenvalue weighted by molar-refractivity contribution is -0.173. The molecule has 0 radical (unpaired) electrons. The second kappa shape index (κ2) is 16.0. The van der Waals surface area contributed by atoms with E-state index >= 15 is 0 Å². The maximum atomic E-state index is 13.1. The van der Waals surface area contributed by atoms with Gasteiger partial charge in [-0.2, -0.15) is 18.2 Å². The SMILES string of the molecule is C=CCOC1C[C@H](n2cc(C#CCOCSSC(C)(C)CNC(=O)C(F)(F)F)c3c(=O)[nH]c(N=CC(C)C)nc32)O[C@@H]1CO. The number of aromatic nitrogens is 3. The topological polar surface area (TPSA) is 140 Å². The third kappa shape index (κ3) is 10.1. The Bertz CT molecular complexity index is 1450. The van der Waals surface area contributed by atoms with Gasteiger partial charge in [0.05, 0.1) is 30.3 Å². The molecule has 1 unspecified atom stereocenters. The molecule has 2 aromatic rings. The number of aromatic amines is 1. The number of halogens is 3. The highest BCUT2D eigenvalue weighted by atomic mass is 33.1. The smallest absolute Gasteiger partial charge is 0.394 e. The summed E-state index contributed by atoms with van der Waals surface area (Å²) in [5, 5.41) is 12.0. The lowest BCUT2D eigenvalue weighted by atomic mass is 10.2. The first-order valence-electron chi connectivity index (χ1n) is 13.7. The first kappa shape index (κ1) is 35.7. The van der Waals surface area contributed by atoms with Crippen molar-refractivity contribution in [3.63, 3.8) is 0 Å². The van der Waals surface area contributed by atoms with E-state index in [1.54, 1.807) is 36.9 Å². The Balaban J connectivity index is 1.72. The summed E-state index contributed by atoms with van der Waals surface area (Å²) in [5.74, 6) is 4.29. The van der Waals surface area contributed by atoms with E-state index in [4.69, 9.17) is 14.2 Å². The molecule has 0 aliphatic carbocycles. The monoisotopic (exact) mass is 659 g/mol. The Morgan fingerprint density at radius 1 is 1.43 bits per heavy atom. The van der Waals surface area contributed by atoms with Gasteiger partial charge < -0.3 is 29.2 Å². The molecule has 1 amide bonds. The third-order valence-corrected chi connectivity index (χ3v) is 8.98. The molecule has 3 atom stereocenters. The third-order valence-electron chi connectivity index (χ3n) is 6.01. The van der Waals surface area contributed by atoms with Gasteiger partial charge in [-0.15, -0.1) is 6.58 Å². The molecule has 1 saturated heterocycles. The molecule has 0 saturated carbocycles. The van der Waals surface area contributed by atoms with Gasteiger partial charge in [-0.1, -0.05) is 53.4 Å². The molecule has 3 rings (SSSR count). The average molecular weight is 660 g/mol. The van der Waals surface area contributed by atoms with E-state index in [1.165, 1.54) is 21.6 Å². The van der Waals surface area contributed by atoms with Crippen LogP contribution in [0.3, 0.4) is 0 Å². The molecular formula is C28H36F3N5O6S2. The van der Waals surface area contributed by atoms with Crippen LogP contribution in [0.2, 0.25) is 0 Å². The molecule has 1 aliphatic heterocycles. The van der Waals surface area contributed by atoms with Crippen molar-refractivity contribution < 1.29 is 37.3 Å². The fourth-order valence-corrected chi connectivity index (χ4v) is 6.14. The maximum Gasteiger partial charge on any atom is 0.471 e. The summed E-state index contributed by atoms with van der Waals surface area (Å²) in [6, 6.07) is 0. The predicted octanol–water partition coefficient (Wildman–Crippen LogP) is 4.10. The van der Waals surface area contributed by atoms with Gasteiger partial charge in [-0.25, -0.2) is 4.99 Å². The van der Waals surface area contributed by atoms with Gasteiger partial charge in [0.15, 0.2) is 5.65 Å². The van der Waals surface area contributed by atoms with Crippen LogP contribution >= 0.6 is 21.6 Å². The largest absolute Gasteiger partial charge is 0.471 e. The van der Waals surface area contributed by atoms with Crippen molar-refractivity contribution in [2.45, 2.75) is 63.5 Å². The van der Waals surface area contributed by atoms with Crippen molar-refractivity contribution in [1.29, 1.82) is 0 Å². The van der Waals surface area contributed by atoms with Crippen LogP contribution in [0, 0.1) is 17.8 Å². The van der Waals surface area contributed by atoms with Gasteiger partial charge in [-0.3, -0.25) is 14.6 Å². The normalized spacial score (nSPS) is 19.1. The number of ether oxygens (including phenoxy) is 3. The zero-order chi connectivity index (χ0) is 32.5. The van der Waals surface area contributed by atoms with Crippen LogP contribution in [0.4, 0.5) is 19.1 Å². The fraction of sp³-hybridized carbons (Fsp3) is 0.571. The van der Waals surface area contributed by atoms with Crippen LogP contribution in [-0.4, -0.2) is 87.2 Å². The molecule has 11 nitrogen and oxygen atoms in total. The molecule has 3 N–H and O–H groups in total. The highest BCUT2D eigenvalue weighted by molar-refractivity contribution is 8.77. The number of aliphatic hydroxyl groups is 1. The molecule has 0 spiro atoms. The Labute approximate surface area is 260 Å². The van der Waals surface area contributed by atoms with E-state index in [9.17, 15) is 27.9 Å². The number of amides is 1. The average Bonchev–Trinajstić information content (AvgIpc) is 3.53. The maximum absolute atomic E-state index is 13.1. The van der Waals surface area contributed by atoms with Crippen LogP contribution < -0.4 is 10.9 Å². The van der Waals surface area contributed by atoms with Gasteiger partial charge >= 0.3 is 12.1 Å². The van der Waals surface area contributed by atoms with Crippen molar-refractivity contribution in [2.24, 2.45) is 10.9 Å². The van der Waals surface area contributed by atoms with Crippen molar-refractivity contribution in [3.8, 4) is 11.8 Å². The van der Waals surface area contributed by atoms with Crippen molar-refractivity contribution in [2.75, 3.05) is 32.3 Å². The second-order valence-corrected chi connectivity index (χ2v) is 13.6. The Hall–Kier alpha value is -2.81. The number of fused-ring (bicyclic) bond motifs is 1. The number of H-pyrrole nitrogens is 1. The summed E-state index contributed by atoms with van der Waals surface area (Å²) in [7, 11) is 2.53. The number of nitrogens with one attached hydrogen (secondary N) is 2. The quantitative estimate of drug-likeness (QED) is 0.0683. The lowest BCUT2D eigenvalue weighted by Gasteiger charge is -2.23. The van der Waals surface area contributed by atoms with E-state index in [0.29, 0.717) is 17.6 Å². The lowest BCUT2D eigenvalue weighted by Crippen LogP contribution is -2.42. The highest BCUT2D eigenvalue weighted by Gasteiger charge is 2.39. The van der Waals surface area contributed by atoms with Crippen molar-refractivity contribution in [1.82, 2.24) is 19.9 Å². The van der Waals surface area contributed by atoms with Gasteiger partial charge in [0.25, 0.3) is 5.56 Å². The molecule has 3 heterocycles. The van der Waals surface area contributed by atoms with E-state index in [0.717, 1.165) is 0 Å². The summed E-state index contributed by atoms with van der Waals surface area (Å²) >= 11 is 0. The minimum Gasteiger partial charge on any atom is -0.394 e. The molecule has 1 aliphatic rings. The summed E-state index contributed by atoms with van der Waals surface area (Å²) in [4.78, 5) is 35.7. The summed E-state index contributed by atoms with van der Waals surface area (Å²) in [6.07, 6.45) is -1.17. The first-order chi connectivity index (χ1) is 20.8. The summed E-state index contributed by atoms with van der Waals surface area (Å²) in [6.45, 7) is 10.8. The molecular weight excluding hydrogens is 623 g/mol. The summed E-state index contributed by atoms with van der Waals surface area (Å²) < 4.78 is 55.6. The Morgan fingerprint density at radius 3 is 2.84 bits per heavy atom. The zero-order valence-corrected chi connectivity index (χ0v) is 26.4. The molecule has 2 aromatic heterocycles. The zero-order valence-electron chi connectivity index (χ0n) is 24.8. The van der Waals surface area contributed by atoms with E-state index in [1.807, 2.05) is 19.2 Å². The number of nitrogens with zero attached hydrogens (tertiary/aromatic N) is 3. The highest BCUT2D eigenvalue weighted by Crippen LogP contribution is 2.36. The minimum atomic E-state index is -4.93. The Kier molecular flexibility index (Phi) is 12.9. The van der Waals surface area contributed by atoms with Gasteiger partial charge in [0, 0.05) is 30.1 Å². The van der Waals surface area contributed by atoms with E-state index in [2.05, 4.69) is 33.4 Å². The summed E-state index contributed by atoms with van der Waals surface area (Å²) in [5.41, 5.74) is 0.269. The number of aliphatic hydroxyl groups excluding tert-OH is 1. The van der Waals surface area contributed by atoms with E-state index < -0.39 is 40.8 Å². The van der Waals surface area contributed by atoms with Gasteiger partial charge in [-0.05, 0) is 19.8 Å². The predicted molar refractivity (Wildman–Crippen MR) is 165 cm³/mol. The van der Waals surface area contributed by atoms with Crippen molar-refractivity contribution in [3.05, 3.63) is 34.8 Å². The fourth-order valence-electron chi connectivity index (χ4n) is 4.01. The minimum absolute atomic E-state index is 0.0115. The number of carbonyl (C=O) groups excluding carboxylic acids is 1. The van der Waals surface area contributed by atoms with E-state index in [-0.39, 0.29) is 49.6 Å². The van der Waals surface area contributed by atoms with Gasteiger partial charge in [0.2, 0.25) is 5.95 Å². The molecule has 0 bridgehead atoms. The number of hydrogen-bond donors (Lipinski definition) is 3. The first-order valence-corrected chi connectivity index (χ1v) is 16.0. The molecule has 0 aromatic carbocycles. The van der Waals surface area contributed by atoms with Crippen LogP contribution in [-0.2, 0) is 19.0 Å². The number of aliphatic imine (C=N–C) groups is 1. The van der Waals surface area contributed by atoms with Crippen LogP contribution in [0.1, 0.15) is 45.9 Å². The molecule has 1 fully saturated rings. The second-order valence-electron chi connectivity index (χ2n) is 10.7. The van der Waals surface area contributed by atoms with Gasteiger partial charge in [0.1, 0.15) is 24.9 Å². The number of hydrogen-bond acceptors (Lipinski definition) is 10. The molecule has 16 heteroatoms. The molecule has 44 heavy (non-hydrogen) atoms. The van der Waals surface area contributed by atoms with Crippen LogP contribution in [0.25, 0.3) is 11.0 Å². The van der Waals surface area contributed by atoms with Crippen LogP contribution in [0.15, 0.2) is 28.6 Å². The number of carbonyl (C=O) groups is 1. The standard InChI is InChI=1S/C28H36F3N5O6S2/c1-6-9-41-19-11-21(42-20(19)14-37)36-13-18(22-23(36)34-26(35-24(22)38)32-12-17(2)3)8-7-10-40-16-43-44-27(4,5)15-33-25(39)28(29,30)31/h6,12-13,17,19-21,37H,1,9-11,14-16H2,2-5H3,(H,33,39)(H,34,35,38)/t19?,20-,21-/m1/s1.